The molecule has 1 aromatic carbocycles. The maximum Gasteiger partial charge on any atom is 0.276 e. The lowest BCUT2D eigenvalue weighted by Crippen LogP contribution is -2.38. The molecule has 0 unspecified atom stereocenters. The second-order valence-corrected chi connectivity index (χ2v) is 6.37. The van der Waals surface area contributed by atoms with Crippen molar-refractivity contribution in [1.82, 2.24) is 30.2 Å². The Labute approximate surface area is 145 Å². The third-order valence-corrected chi connectivity index (χ3v) is 4.89. The maximum atomic E-state index is 12.8. The zero-order chi connectivity index (χ0) is 17.4. The molecule has 1 saturated heterocycles. The second kappa shape index (κ2) is 6.25. The number of nitrogens with zero attached hydrogens (tertiary/aromatic N) is 5. The van der Waals surface area contributed by atoms with E-state index in [9.17, 15) is 4.79 Å². The summed E-state index contributed by atoms with van der Waals surface area (Å²) in [4.78, 5) is 18.8. The molecule has 0 aliphatic carbocycles. The molecule has 4 rings (SSSR count). The van der Waals surface area contributed by atoms with Crippen molar-refractivity contribution in [1.29, 1.82) is 0 Å². The van der Waals surface area contributed by atoms with Crippen molar-refractivity contribution in [3.63, 3.8) is 0 Å². The molecule has 2 aromatic heterocycles. The van der Waals surface area contributed by atoms with E-state index in [0.29, 0.717) is 5.69 Å². The number of likely N-dealkylation sites (N-methyl/N-ethyl adjacent to an activating group) is 1. The topological polar surface area (TPSA) is 75.9 Å². The van der Waals surface area contributed by atoms with E-state index in [-0.39, 0.29) is 11.9 Å². The van der Waals surface area contributed by atoms with E-state index >= 15 is 0 Å². The molecule has 1 aliphatic rings. The number of amides is 1. The molecule has 25 heavy (non-hydrogen) atoms. The van der Waals surface area contributed by atoms with Gasteiger partial charge in [-0.3, -0.25) is 9.78 Å². The summed E-state index contributed by atoms with van der Waals surface area (Å²) >= 11 is 0. The van der Waals surface area contributed by atoms with Gasteiger partial charge < -0.3 is 10.2 Å². The number of carbonyl (C=O) groups is 1. The number of rotatable bonds is 3. The van der Waals surface area contributed by atoms with E-state index in [1.54, 1.807) is 15.8 Å². The molecular weight excluding hydrogens is 316 g/mol. The first-order valence-electron chi connectivity index (χ1n) is 8.40. The minimum absolute atomic E-state index is 0.0839. The molecule has 128 valence electrons. The first kappa shape index (κ1) is 15.7. The third kappa shape index (κ3) is 2.66. The van der Waals surface area contributed by atoms with Gasteiger partial charge in [0.2, 0.25) is 0 Å². The van der Waals surface area contributed by atoms with Gasteiger partial charge in [-0.25, -0.2) is 4.68 Å². The molecule has 0 bridgehead atoms. The molecule has 1 aliphatic heterocycles. The van der Waals surface area contributed by atoms with E-state index in [1.807, 2.05) is 44.4 Å². The van der Waals surface area contributed by atoms with Gasteiger partial charge in [-0.1, -0.05) is 17.3 Å². The van der Waals surface area contributed by atoms with Gasteiger partial charge in [0.25, 0.3) is 5.91 Å². The molecule has 1 fully saturated rings. The van der Waals surface area contributed by atoms with Crippen molar-refractivity contribution in [2.24, 2.45) is 0 Å². The Kier molecular flexibility index (Phi) is 3.93. The standard InChI is InChI=1S/C18H20N6O/c1-12-17(18(25)23(2)14-6-8-20-11-14)21-22-24(12)16-5-3-4-13-10-19-9-7-15(13)16/h3-5,7,9-10,14,20H,6,8,11H2,1-2H3/t14-/m0/s1. The van der Waals surface area contributed by atoms with Crippen LogP contribution in [-0.4, -0.2) is 57.0 Å². The number of hydrogen-bond acceptors (Lipinski definition) is 5. The predicted molar refractivity (Wildman–Crippen MR) is 94.8 cm³/mol. The Bertz CT molecular complexity index is 923. The first-order chi connectivity index (χ1) is 12.2. The average molecular weight is 336 g/mol. The third-order valence-electron chi connectivity index (χ3n) is 4.89. The van der Waals surface area contributed by atoms with Gasteiger partial charge in [-0.2, -0.15) is 0 Å². The van der Waals surface area contributed by atoms with Crippen molar-refractivity contribution in [2.75, 3.05) is 20.1 Å². The van der Waals surface area contributed by atoms with Crippen LogP contribution in [-0.2, 0) is 0 Å². The van der Waals surface area contributed by atoms with Gasteiger partial charge in [0.1, 0.15) is 0 Å². The minimum atomic E-state index is -0.0839. The SMILES string of the molecule is Cc1c(C(=O)N(C)[C@H]2CCNC2)nnn1-c1cccc2cnccc12. The van der Waals surface area contributed by atoms with Crippen LogP contribution in [0.4, 0.5) is 0 Å². The van der Waals surface area contributed by atoms with Crippen LogP contribution in [0.3, 0.4) is 0 Å². The molecule has 0 saturated carbocycles. The quantitative estimate of drug-likeness (QED) is 0.785. The fraction of sp³-hybridized carbons (Fsp3) is 0.333. The normalized spacial score (nSPS) is 17.1. The summed E-state index contributed by atoms with van der Waals surface area (Å²) in [6.07, 6.45) is 4.54. The monoisotopic (exact) mass is 336 g/mol. The van der Waals surface area contributed by atoms with Gasteiger partial charge in [0.15, 0.2) is 5.69 Å². The summed E-state index contributed by atoms with van der Waals surface area (Å²) in [6, 6.07) is 8.09. The van der Waals surface area contributed by atoms with Crippen molar-refractivity contribution < 1.29 is 4.79 Å². The van der Waals surface area contributed by atoms with Gasteiger partial charge in [0.05, 0.1) is 11.4 Å². The van der Waals surface area contributed by atoms with E-state index in [4.69, 9.17) is 0 Å². The molecule has 1 N–H and O–H groups in total. The molecule has 0 spiro atoms. The number of pyridine rings is 1. The molecule has 3 heterocycles. The fourth-order valence-electron chi connectivity index (χ4n) is 3.35. The van der Waals surface area contributed by atoms with Crippen molar-refractivity contribution >= 4 is 16.7 Å². The highest BCUT2D eigenvalue weighted by Gasteiger charge is 2.27. The largest absolute Gasteiger partial charge is 0.336 e. The van der Waals surface area contributed by atoms with Gasteiger partial charge >= 0.3 is 0 Å². The van der Waals surface area contributed by atoms with Crippen LogP contribution < -0.4 is 5.32 Å². The second-order valence-electron chi connectivity index (χ2n) is 6.37. The van der Waals surface area contributed by atoms with E-state index in [1.165, 1.54) is 0 Å². The fourth-order valence-corrected chi connectivity index (χ4v) is 3.35. The smallest absolute Gasteiger partial charge is 0.276 e. The molecule has 1 atom stereocenters. The Morgan fingerprint density at radius 2 is 2.24 bits per heavy atom. The van der Waals surface area contributed by atoms with E-state index in [2.05, 4.69) is 20.6 Å². The lowest BCUT2D eigenvalue weighted by Gasteiger charge is -2.22. The molecule has 0 radical (unpaired) electrons. The van der Waals surface area contributed by atoms with Crippen molar-refractivity contribution in [3.8, 4) is 5.69 Å². The molecule has 7 nitrogen and oxygen atoms in total. The number of nitrogens with one attached hydrogen (secondary N) is 1. The van der Waals surface area contributed by atoms with Gasteiger partial charge in [0, 0.05) is 42.8 Å². The number of fused-ring (bicyclic) bond motifs is 1. The van der Waals surface area contributed by atoms with Crippen LogP contribution in [0.25, 0.3) is 16.5 Å². The number of benzene rings is 1. The van der Waals surface area contributed by atoms with E-state index in [0.717, 1.165) is 41.7 Å². The van der Waals surface area contributed by atoms with Crippen LogP contribution in [0, 0.1) is 6.92 Å². The van der Waals surface area contributed by atoms with E-state index < -0.39 is 0 Å². The molecule has 7 heteroatoms. The van der Waals surface area contributed by atoms with Crippen molar-refractivity contribution in [2.45, 2.75) is 19.4 Å². The number of hydrogen-bond donors (Lipinski definition) is 1. The summed E-state index contributed by atoms with van der Waals surface area (Å²) in [5, 5.41) is 13.8. The zero-order valence-corrected chi connectivity index (χ0v) is 14.3. The predicted octanol–water partition coefficient (Wildman–Crippen LogP) is 1.56. The highest BCUT2D eigenvalue weighted by molar-refractivity contribution is 5.94. The lowest BCUT2D eigenvalue weighted by atomic mass is 10.1. The van der Waals surface area contributed by atoms with Crippen LogP contribution in [0.2, 0.25) is 0 Å². The number of aromatic nitrogens is 4. The minimum Gasteiger partial charge on any atom is -0.336 e. The van der Waals surface area contributed by atoms with Crippen LogP contribution in [0.1, 0.15) is 22.6 Å². The summed E-state index contributed by atoms with van der Waals surface area (Å²) in [5.74, 6) is -0.0839. The summed E-state index contributed by atoms with van der Waals surface area (Å²) in [7, 11) is 1.84. The summed E-state index contributed by atoms with van der Waals surface area (Å²) < 4.78 is 1.73. The first-order valence-corrected chi connectivity index (χ1v) is 8.40. The number of carbonyl (C=O) groups excluding carboxylic acids is 1. The Balaban J connectivity index is 1.72. The average Bonchev–Trinajstić information content (AvgIpc) is 3.30. The van der Waals surface area contributed by atoms with Crippen LogP contribution in [0.15, 0.2) is 36.7 Å². The highest BCUT2D eigenvalue weighted by atomic mass is 16.2. The Hall–Kier alpha value is -2.80. The zero-order valence-electron chi connectivity index (χ0n) is 14.3. The van der Waals surface area contributed by atoms with Crippen LogP contribution >= 0.6 is 0 Å². The van der Waals surface area contributed by atoms with Crippen molar-refractivity contribution in [3.05, 3.63) is 48.0 Å². The van der Waals surface area contributed by atoms with Crippen LogP contribution in [0.5, 0.6) is 0 Å². The summed E-state index contributed by atoms with van der Waals surface area (Å²) in [5.41, 5.74) is 2.04. The summed E-state index contributed by atoms with van der Waals surface area (Å²) in [6.45, 7) is 3.65. The Morgan fingerprint density at radius 1 is 1.36 bits per heavy atom. The highest BCUT2D eigenvalue weighted by Crippen LogP contribution is 2.23. The molecule has 3 aromatic rings. The maximum absolute atomic E-state index is 12.8. The molecule has 1 amide bonds. The van der Waals surface area contributed by atoms with Gasteiger partial charge in [-0.05, 0) is 32.0 Å². The Morgan fingerprint density at radius 3 is 3.04 bits per heavy atom. The molecular formula is C18H20N6O. The lowest BCUT2D eigenvalue weighted by molar-refractivity contribution is 0.0737. The van der Waals surface area contributed by atoms with Gasteiger partial charge in [-0.15, -0.1) is 5.10 Å².